The third-order valence-corrected chi connectivity index (χ3v) is 3.30. The lowest BCUT2D eigenvalue weighted by Crippen LogP contribution is -2.23. The van der Waals surface area contributed by atoms with Gasteiger partial charge in [-0.1, -0.05) is 6.07 Å². The van der Waals surface area contributed by atoms with Gasteiger partial charge in [0, 0.05) is 41.0 Å². The number of aromatic nitrogens is 2. The maximum Gasteiger partial charge on any atom is 0.251 e. The van der Waals surface area contributed by atoms with Gasteiger partial charge in [-0.05, 0) is 30.3 Å². The van der Waals surface area contributed by atoms with Crippen LogP contribution < -0.4 is 10.1 Å². The predicted molar refractivity (Wildman–Crippen MR) is 80.3 cm³/mol. The molecule has 0 radical (unpaired) electrons. The number of aromatic amines is 1. The number of hydrogen-bond donors (Lipinski definition) is 2. The third-order valence-electron chi connectivity index (χ3n) is 3.30. The number of H-pyrrole nitrogens is 1. The highest BCUT2D eigenvalue weighted by Gasteiger charge is 2.09. The van der Waals surface area contributed by atoms with E-state index in [1.165, 1.54) is 0 Å². The molecule has 106 valence electrons. The zero-order valence-corrected chi connectivity index (χ0v) is 11.6. The van der Waals surface area contributed by atoms with Crippen LogP contribution >= 0.6 is 0 Å². The van der Waals surface area contributed by atoms with E-state index in [0.29, 0.717) is 18.0 Å². The summed E-state index contributed by atoms with van der Waals surface area (Å²) in [7, 11) is 1.56. The summed E-state index contributed by atoms with van der Waals surface area (Å²) in [6.07, 6.45) is 3.51. The van der Waals surface area contributed by atoms with Gasteiger partial charge in [-0.15, -0.1) is 0 Å². The van der Waals surface area contributed by atoms with Gasteiger partial charge in [0.15, 0.2) is 0 Å². The number of rotatable bonds is 4. The molecule has 0 aliphatic rings. The summed E-state index contributed by atoms with van der Waals surface area (Å²) in [5.41, 5.74) is 2.49. The van der Waals surface area contributed by atoms with Crippen molar-refractivity contribution in [2.24, 2.45) is 0 Å². The second-order valence-electron chi connectivity index (χ2n) is 4.63. The van der Waals surface area contributed by atoms with Crippen molar-refractivity contribution in [3.63, 3.8) is 0 Å². The minimum atomic E-state index is -0.121. The van der Waals surface area contributed by atoms with Crippen LogP contribution in [0.4, 0.5) is 0 Å². The lowest BCUT2D eigenvalue weighted by atomic mass is 10.1. The number of hydrogen-bond acceptors (Lipinski definition) is 3. The molecule has 1 aromatic carbocycles. The van der Waals surface area contributed by atoms with E-state index < -0.39 is 0 Å². The number of pyridine rings is 1. The van der Waals surface area contributed by atoms with Crippen LogP contribution in [-0.4, -0.2) is 23.0 Å². The van der Waals surface area contributed by atoms with Crippen molar-refractivity contribution < 1.29 is 9.53 Å². The maximum atomic E-state index is 12.2. The Balaban J connectivity index is 1.74. The van der Waals surface area contributed by atoms with Gasteiger partial charge in [0.05, 0.1) is 7.11 Å². The zero-order valence-electron chi connectivity index (χ0n) is 11.6. The monoisotopic (exact) mass is 281 g/mol. The largest absolute Gasteiger partial charge is 0.481 e. The molecule has 0 spiro atoms. The van der Waals surface area contributed by atoms with E-state index in [2.05, 4.69) is 15.3 Å². The second kappa shape index (κ2) is 5.66. The van der Waals surface area contributed by atoms with Crippen molar-refractivity contribution in [2.45, 2.75) is 6.54 Å². The van der Waals surface area contributed by atoms with Crippen molar-refractivity contribution in [1.82, 2.24) is 15.3 Å². The van der Waals surface area contributed by atoms with Crippen molar-refractivity contribution in [3.8, 4) is 5.88 Å². The molecule has 21 heavy (non-hydrogen) atoms. The van der Waals surface area contributed by atoms with Gasteiger partial charge in [0.25, 0.3) is 5.91 Å². The summed E-state index contributed by atoms with van der Waals surface area (Å²) in [4.78, 5) is 19.4. The average Bonchev–Trinajstić information content (AvgIpc) is 3.00. The quantitative estimate of drug-likeness (QED) is 0.772. The number of amides is 1. The van der Waals surface area contributed by atoms with Crippen molar-refractivity contribution in [3.05, 3.63) is 59.9 Å². The highest BCUT2D eigenvalue weighted by Crippen LogP contribution is 2.15. The highest BCUT2D eigenvalue weighted by atomic mass is 16.5. The van der Waals surface area contributed by atoms with Crippen LogP contribution in [0.25, 0.3) is 10.9 Å². The minimum absolute atomic E-state index is 0.121. The summed E-state index contributed by atoms with van der Waals surface area (Å²) >= 11 is 0. The first-order chi connectivity index (χ1) is 10.3. The van der Waals surface area contributed by atoms with Crippen LogP contribution in [-0.2, 0) is 6.54 Å². The Labute approximate surface area is 122 Å². The number of benzene rings is 1. The molecule has 0 aliphatic heterocycles. The van der Waals surface area contributed by atoms with Crippen LogP contribution in [0.3, 0.4) is 0 Å². The molecule has 0 bridgehead atoms. The Morgan fingerprint density at radius 3 is 3.10 bits per heavy atom. The van der Waals surface area contributed by atoms with Gasteiger partial charge in [-0.25, -0.2) is 4.98 Å². The molecule has 0 aliphatic carbocycles. The standard InChI is InChI=1S/C16H15N3O2/c1-21-16-13(3-2-7-18-16)10-19-15(20)12-4-5-14-11(9-12)6-8-17-14/h2-9,17H,10H2,1H3,(H,19,20). The van der Waals surface area contributed by atoms with E-state index in [0.717, 1.165) is 16.5 Å². The predicted octanol–water partition coefficient (Wildman–Crippen LogP) is 2.50. The fraction of sp³-hybridized carbons (Fsp3) is 0.125. The summed E-state index contributed by atoms with van der Waals surface area (Å²) in [5, 5.41) is 3.89. The molecule has 0 fully saturated rings. The SMILES string of the molecule is COc1ncccc1CNC(=O)c1ccc2[nH]ccc2c1. The summed E-state index contributed by atoms with van der Waals surface area (Å²) in [6, 6.07) is 11.2. The van der Waals surface area contributed by atoms with E-state index in [-0.39, 0.29) is 5.91 Å². The Kier molecular flexibility index (Phi) is 3.55. The molecule has 0 unspecified atom stereocenters. The molecule has 2 heterocycles. The number of fused-ring (bicyclic) bond motifs is 1. The molecule has 1 amide bonds. The lowest BCUT2D eigenvalue weighted by Gasteiger charge is -2.08. The molecule has 2 aromatic heterocycles. The van der Waals surface area contributed by atoms with Crippen molar-refractivity contribution >= 4 is 16.8 Å². The molecule has 0 saturated heterocycles. The minimum Gasteiger partial charge on any atom is -0.481 e. The Morgan fingerprint density at radius 2 is 2.24 bits per heavy atom. The summed E-state index contributed by atoms with van der Waals surface area (Å²) in [6.45, 7) is 0.376. The van der Waals surface area contributed by atoms with Crippen LogP contribution in [0, 0.1) is 0 Å². The fourth-order valence-corrected chi connectivity index (χ4v) is 2.21. The van der Waals surface area contributed by atoms with Gasteiger partial charge in [-0.2, -0.15) is 0 Å². The third kappa shape index (κ3) is 2.72. The van der Waals surface area contributed by atoms with Crippen molar-refractivity contribution in [1.29, 1.82) is 0 Å². The van der Waals surface area contributed by atoms with Crippen LogP contribution in [0.1, 0.15) is 15.9 Å². The summed E-state index contributed by atoms with van der Waals surface area (Å²) in [5.74, 6) is 0.405. The van der Waals surface area contributed by atoms with Gasteiger partial charge < -0.3 is 15.0 Å². The Hall–Kier alpha value is -2.82. The molecular formula is C16H15N3O2. The lowest BCUT2D eigenvalue weighted by molar-refractivity contribution is 0.0951. The molecule has 5 nitrogen and oxygen atoms in total. The molecule has 0 atom stereocenters. The average molecular weight is 281 g/mol. The van der Waals surface area contributed by atoms with Gasteiger partial charge in [0.2, 0.25) is 5.88 Å². The van der Waals surface area contributed by atoms with E-state index >= 15 is 0 Å². The number of ether oxygens (including phenoxy) is 1. The van der Waals surface area contributed by atoms with Gasteiger partial charge >= 0.3 is 0 Å². The van der Waals surface area contributed by atoms with Crippen LogP contribution in [0.15, 0.2) is 48.8 Å². The normalized spacial score (nSPS) is 10.5. The fourth-order valence-electron chi connectivity index (χ4n) is 2.21. The topological polar surface area (TPSA) is 67.0 Å². The summed E-state index contributed by atoms with van der Waals surface area (Å²) < 4.78 is 5.16. The second-order valence-corrected chi connectivity index (χ2v) is 4.63. The molecule has 5 heteroatoms. The number of nitrogens with zero attached hydrogens (tertiary/aromatic N) is 1. The zero-order chi connectivity index (χ0) is 14.7. The van der Waals surface area contributed by atoms with Gasteiger partial charge in [-0.3, -0.25) is 4.79 Å². The molecule has 0 saturated carbocycles. The first kappa shape index (κ1) is 13.2. The number of carbonyl (C=O) groups excluding carboxylic acids is 1. The molecule has 3 rings (SSSR count). The Morgan fingerprint density at radius 1 is 1.33 bits per heavy atom. The van der Waals surface area contributed by atoms with E-state index in [1.54, 1.807) is 19.4 Å². The smallest absolute Gasteiger partial charge is 0.251 e. The van der Waals surface area contributed by atoms with Crippen LogP contribution in [0.2, 0.25) is 0 Å². The number of methoxy groups -OCH3 is 1. The maximum absolute atomic E-state index is 12.2. The molecule has 2 N–H and O–H groups in total. The number of carbonyl (C=O) groups is 1. The van der Waals surface area contributed by atoms with E-state index in [4.69, 9.17) is 4.74 Å². The molecule has 3 aromatic rings. The van der Waals surface area contributed by atoms with E-state index in [9.17, 15) is 4.79 Å². The van der Waals surface area contributed by atoms with Gasteiger partial charge in [0.1, 0.15) is 0 Å². The molecular weight excluding hydrogens is 266 g/mol. The van der Waals surface area contributed by atoms with Crippen molar-refractivity contribution in [2.75, 3.05) is 7.11 Å². The first-order valence-electron chi connectivity index (χ1n) is 6.61. The Bertz CT molecular complexity index is 780. The number of nitrogens with one attached hydrogen (secondary N) is 2. The van der Waals surface area contributed by atoms with E-state index in [1.807, 2.05) is 36.5 Å². The first-order valence-corrected chi connectivity index (χ1v) is 6.61. The van der Waals surface area contributed by atoms with Crippen LogP contribution in [0.5, 0.6) is 5.88 Å². The highest BCUT2D eigenvalue weighted by molar-refractivity contribution is 5.98.